The largest absolute Gasteiger partial charge is 0.326 e. The van der Waals surface area contributed by atoms with Gasteiger partial charge in [0.25, 0.3) is 10.0 Å². The molecule has 0 saturated carbocycles. The quantitative estimate of drug-likeness (QED) is 0.912. The highest BCUT2D eigenvalue weighted by molar-refractivity contribution is 7.94. The maximum atomic E-state index is 12.1. The highest BCUT2D eigenvalue weighted by Crippen LogP contribution is 2.24. The third kappa shape index (κ3) is 3.02. The molecule has 96 valence electrons. The molecule has 7 heteroatoms. The highest BCUT2D eigenvalue weighted by Gasteiger charge is 2.16. The lowest BCUT2D eigenvalue weighted by Crippen LogP contribution is -2.11. The lowest BCUT2D eigenvalue weighted by molar-refractivity contribution is 0.603. The van der Waals surface area contributed by atoms with E-state index in [0.29, 0.717) is 17.3 Å². The van der Waals surface area contributed by atoms with E-state index in [1.807, 2.05) is 0 Å². The summed E-state index contributed by atoms with van der Waals surface area (Å²) in [5, 5.41) is 2.20. The molecule has 0 aliphatic heterocycles. The Morgan fingerprint density at radius 2 is 2.11 bits per heavy atom. The minimum atomic E-state index is -3.57. The highest BCUT2D eigenvalue weighted by atomic mass is 35.5. The van der Waals surface area contributed by atoms with Crippen LogP contribution in [-0.4, -0.2) is 8.42 Å². The van der Waals surface area contributed by atoms with Gasteiger partial charge in [0.1, 0.15) is 4.21 Å². The zero-order chi connectivity index (χ0) is 13.2. The maximum absolute atomic E-state index is 12.1. The van der Waals surface area contributed by atoms with Crippen molar-refractivity contribution in [1.29, 1.82) is 0 Å². The van der Waals surface area contributed by atoms with Crippen LogP contribution in [0.15, 0.2) is 39.9 Å². The SMILES string of the molecule is NCc1csc(S(=O)(=O)Nc2cccc(Cl)c2)c1. The van der Waals surface area contributed by atoms with Gasteiger partial charge in [0.05, 0.1) is 5.69 Å². The van der Waals surface area contributed by atoms with Crippen LogP contribution in [0.1, 0.15) is 5.56 Å². The van der Waals surface area contributed by atoms with Gasteiger partial charge >= 0.3 is 0 Å². The fourth-order valence-electron chi connectivity index (χ4n) is 1.36. The van der Waals surface area contributed by atoms with Gasteiger partial charge in [0, 0.05) is 11.6 Å². The number of sulfonamides is 1. The first-order valence-electron chi connectivity index (χ1n) is 5.07. The Kier molecular flexibility index (Phi) is 3.91. The van der Waals surface area contributed by atoms with Crippen molar-refractivity contribution >= 4 is 38.6 Å². The molecule has 4 nitrogen and oxygen atoms in total. The predicted molar refractivity (Wildman–Crippen MR) is 74.5 cm³/mol. The molecule has 0 unspecified atom stereocenters. The van der Waals surface area contributed by atoms with Crippen LogP contribution in [0.2, 0.25) is 5.02 Å². The number of benzene rings is 1. The third-order valence-corrected chi connectivity index (χ3v) is 5.31. The van der Waals surface area contributed by atoms with Gasteiger partial charge < -0.3 is 5.73 Å². The lowest BCUT2D eigenvalue weighted by atomic mass is 10.3. The van der Waals surface area contributed by atoms with Crippen LogP contribution in [0.5, 0.6) is 0 Å². The van der Waals surface area contributed by atoms with Gasteiger partial charge in [-0.1, -0.05) is 17.7 Å². The molecule has 1 heterocycles. The van der Waals surface area contributed by atoms with Crippen LogP contribution in [-0.2, 0) is 16.6 Å². The van der Waals surface area contributed by atoms with Crippen molar-refractivity contribution in [3.05, 3.63) is 46.3 Å². The fourth-order valence-corrected chi connectivity index (χ4v) is 3.82. The van der Waals surface area contributed by atoms with E-state index in [0.717, 1.165) is 16.9 Å². The summed E-state index contributed by atoms with van der Waals surface area (Å²) in [4.78, 5) is 0. The second-order valence-corrected chi connectivity index (χ2v) is 6.85. The zero-order valence-corrected chi connectivity index (χ0v) is 11.6. The molecule has 18 heavy (non-hydrogen) atoms. The molecule has 0 saturated heterocycles. The topological polar surface area (TPSA) is 72.2 Å². The summed E-state index contributed by atoms with van der Waals surface area (Å²) in [6.45, 7) is 0.323. The van der Waals surface area contributed by atoms with Crippen molar-refractivity contribution in [2.24, 2.45) is 5.73 Å². The number of nitrogens with one attached hydrogen (secondary N) is 1. The van der Waals surface area contributed by atoms with Crippen LogP contribution >= 0.6 is 22.9 Å². The van der Waals surface area contributed by atoms with Crippen molar-refractivity contribution < 1.29 is 8.42 Å². The van der Waals surface area contributed by atoms with Gasteiger partial charge in [-0.05, 0) is 35.2 Å². The molecule has 0 aliphatic carbocycles. The molecule has 0 amide bonds. The smallest absolute Gasteiger partial charge is 0.271 e. The van der Waals surface area contributed by atoms with Gasteiger partial charge in [0.15, 0.2) is 0 Å². The standard InChI is InChI=1S/C11H11ClN2O2S2/c12-9-2-1-3-10(5-9)14-18(15,16)11-4-8(6-13)7-17-11/h1-5,7,14H,6,13H2. The van der Waals surface area contributed by atoms with Crippen LogP contribution in [0.25, 0.3) is 0 Å². The molecule has 0 spiro atoms. The van der Waals surface area contributed by atoms with Crippen molar-refractivity contribution in [3.8, 4) is 0 Å². The molecule has 2 aromatic rings. The molecule has 1 aromatic heterocycles. The third-order valence-electron chi connectivity index (χ3n) is 2.21. The van der Waals surface area contributed by atoms with Crippen LogP contribution in [0.4, 0.5) is 5.69 Å². The molecule has 1 aromatic carbocycles. The van der Waals surface area contributed by atoms with Crippen molar-refractivity contribution in [2.45, 2.75) is 10.8 Å². The van der Waals surface area contributed by atoms with Crippen LogP contribution in [0, 0.1) is 0 Å². The molecule has 0 bridgehead atoms. The maximum Gasteiger partial charge on any atom is 0.271 e. The Morgan fingerprint density at radius 3 is 2.72 bits per heavy atom. The number of nitrogens with two attached hydrogens (primary N) is 1. The average Bonchev–Trinajstić information content (AvgIpc) is 2.77. The van der Waals surface area contributed by atoms with E-state index < -0.39 is 10.0 Å². The van der Waals surface area contributed by atoms with Crippen LogP contribution in [0.3, 0.4) is 0 Å². The second-order valence-electron chi connectivity index (χ2n) is 3.59. The van der Waals surface area contributed by atoms with E-state index in [4.69, 9.17) is 17.3 Å². The summed E-state index contributed by atoms with van der Waals surface area (Å²) < 4.78 is 26.8. The van der Waals surface area contributed by atoms with Gasteiger partial charge in [-0.25, -0.2) is 8.42 Å². The monoisotopic (exact) mass is 302 g/mol. The molecule has 0 radical (unpaired) electrons. The Balaban J connectivity index is 2.27. The van der Waals surface area contributed by atoms with E-state index in [-0.39, 0.29) is 4.21 Å². The first-order valence-corrected chi connectivity index (χ1v) is 7.81. The number of rotatable bonds is 4. The second kappa shape index (κ2) is 5.27. The van der Waals surface area contributed by atoms with Crippen molar-refractivity contribution in [1.82, 2.24) is 0 Å². The first-order chi connectivity index (χ1) is 8.51. The number of thiophene rings is 1. The van der Waals surface area contributed by atoms with E-state index in [9.17, 15) is 8.42 Å². The minimum absolute atomic E-state index is 0.239. The van der Waals surface area contributed by atoms with Gasteiger partial charge in [-0.15, -0.1) is 11.3 Å². The average molecular weight is 303 g/mol. The van der Waals surface area contributed by atoms with E-state index in [2.05, 4.69) is 4.72 Å². The Labute approximate surface area is 114 Å². The summed E-state index contributed by atoms with van der Waals surface area (Å²) in [5.74, 6) is 0. The van der Waals surface area contributed by atoms with E-state index >= 15 is 0 Å². The molecular formula is C11H11ClN2O2S2. The summed E-state index contributed by atoms with van der Waals surface area (Å²) in [5.41, 5.74) is 6.69. The van der Waals surface area contributed by atoms with Crippen LogP contribution < -0.4 is 10.5 Å². The molecule has 0 fully saturated rings. The summed E-state index contributed by atoms with van der Waals surface area (Å²) in [6, 6.07) is 8.12. The summed E-state index contributed by atoms with van der Waals surface area (Å²) in [7, 11) is -3.57. The number of hydrogen-bond acceptors (Lipinski definition) is 4. The fraction of sp³-hybridized carbons (Fsp3) is 0.0909. The predicted octanol–water partition coefficient (Wildman–Crippen LogP) is 2.66. The Morgan fingerprint density at radius 1 is 1.33 bits per heavy atom. The normalized spacial score (nSPS) is 11.4. The number of anilines is 1. The molecular weight excluding hydrogens is 292 g/mol. The van der Waals surface area contributed by atoms with E-state index in [1.165, 1.54) is 0 Å². The Hall–Kier alpha value is -1.08. The molecule has 0 atom stereocenters. The Bertz CT molecular complexity index is 653. The molecule has 3 N–H and O–H groups in total. The van der Waals surface area contributed by atoms with Gasteiger partial charge in [-0.2, -0.15) is 0 Å². The van der Waals surface area contributed by atoms with Gasteiger partial charge in [0.2, 0.25) is 0 Å². The zero-order valence-electron chi connectivity index (χ0n) is 9.26. The van der Waals surface area contributed by atoms with Crippen molar-refractivity contribution in [2.75, 3.05) is 4.72 Å². The number of halogens is 1. The minimum Gasteiger partial charge on any atom is -0.326 e. The molecule has 2 rings (SSSR count). The van der Waals surface area contributed by atoms with Gasteiger partial charge in [-0.3, -0.25) is 4.72 Å². The first kappa shape index (κ1) is 13.4. The van der Waals surface area contributed by atoms with E-state index in [1.54, 1.807) is 35.7 Å². The summed E-state index contributed by atoms with van der Waals surface area (Å²) in [6.07, 6.45) is 0. The number of hydrogen-bond donors (Lipinski definition) is 2. The lowest BCUT2D eigenvalue weighted by Gasteiger charge is -2.06. The summed E-state index contributed by atoms with van der Waals surface area (Å²) >= 11 is 6.94. The molecule has 0 aliphatic rings. The van der Waals surface area contributed by atoms with Crippen molar-refractivity contribution in [3.63, 3.8) is 0 Å².